The van der Waals surface area contributed by atoms with Crippen LogP contribution in [0.4, 0.5) is 4.79 Å². The van der Waals surface area contributed by atoms with E-state index in [-0.39, 0.29) is 48.6 Å². The van der Waals surface area contributed by atoms with Gasteiger partial charge in [0.1, 0.15) is 30.3 Å². The summed E-state index contributed by atoms with van der Waals surface area (Å²) in [6, 6.07) is 14.4. The van der Waals surface area contributed by atoms with Crippen molar-refractivity contribution in [3.8, 4) is 22.5 Å². The molecular weight excluding hydrogens is 869 g/mol. The fourth-order valence-electron chi connectivity index (χ4n) is 10.0. The lowest BCUT2D eigenvalue weighted by atomic mass is 9.79. The van der Waals surface area contributed by atoms with E-state index in [0.717, 1.165) is 81.6 Å². The zero-order chi connectivity index (χ0) is 47.0. The van der Waals surface area contributed by atoms with Gasteiger partial charge in [-0.05, 0) is 67.6 Å². The number of hydrogen-bond donors (Lipinski definition) is 2. The van der Waals surface area contributed by atoms with Crippen LogP contribution < -0.4 is 5.32 Å². The average Bonchev–Trinajstić information content (AvgIpc) is 4.13. The van der Waals surface area contributed by atoms with Crippen LogP contribution in [0.3, 0.4) is 0 Å². The topological polar surface area (TPSA) is 201 Å². The first kappa shape index (κ1) is 45.8. The molecule has 4 aromatic heterocycles. The van der Waals surface area contributed by atoms with Gasteiger partial charge in [0.25, 0.3) is 5.91 Å². The highest BCUT2D eigenvalue weighted by molar-refractivity contribution is 6.76. The number of carbonyl (C=O) groups is 3. The lowest BCUT2D eigenvalue weighted by molar-refractivity contribution is -0.146. The van der Waals surface area contributed by atoms with E-state index in [1.54, 1.807) is 12.3 Å². The van der Waals surface area contributed by atoms with Crippen molar-refractivity contribution in [2.24, 2.45) is 10.9 Å². The van der Waals surface area contributed by atoms with Crippen molar-refractivity contribution >= 4 is 54.0 Å². The number of alkyl carbamates (subject to hydrolysis) is 1. The maximum absolute atomic E-state index is 14.0. The van der Waals surface area contributed by atoms with Crippen LogP contribution in [0.25, 0.3) is 44.6 Å². The molecule has 0 bridgehead atoms. The number of likely N-dealkylation sites (tertiary alicyclic amines) is 1. The van der Waals surface area contributed by atoms with E-state index in [1.807, 2.05) is 65.2 Å². The van der Waals surface area contributed by atoms with E-state index >= 15 is 0 Å². The van der Waals surface area contributed by atoms with Crippen LogP contribution in [0.1, 0.15) is 73.4 Å². The molecule has 2 amide bonds. The summed E-state index contributed by atoms with van der Waals surface area (Å²) in [4.78, 5) is 80.2. The third-order valence-corrected chi connectivity index (χ3v) is 15.3. The Bertz CT molecular complexity index is 2880. The van der Waals surface area contributed by atoms with Crippen molar-refractivity contribution in [3.05, 3.63) is 84.0 Å². The highest BCUT2D eigenvalue weighted by Gasteiger charge is 2.42. The third kappa shape index (κ3) is 9.48. The summed E-state index contributed by atoms with van der Waals surface area (Å²) < 4.78 is 21.0. The Morgan fingerprint density at radius 2 is 1.82 bits per heavy atom. The van der Waals surface area contributed by atoms with Crippen LogP contribution in [-0.2, 0) is 48.3 Å². The first-order valence-electron chi connectivity index (χ1n) is 23.2. The fraction of sp³-hybridized carbons (Fsp3) is 0.469. The second-order valence-electron chi connectivity index (χ2n) is 19.4. The SMILES string of the molecule is COC(=O)N[C@H]1CCc2ccn3c2C1C(=O)C[C@H](c1nc2ccc(-c4cnc5cc(-c6cn(COCC[Si](C)(C)C)c([C@@H]7CCCN7C(=O)[C@@H](OC)C(C)CN=C=O)n6)ccc5n4)cc2[nH]1)C3. The van der Waals surface area contributed by atoms with E-state index in [0.29, 0.717) is 44.1 Å². The lowest BCUT2D eigenvalue weighted by Gasteiger charge is -2.31. The molecule has 1 saturated heterocycles. The number of rotatable bonds is 15. The molecule has 6 atom stereocenters. The molecule has 1 fully saturated rings. The molecule has 350 valence electrons. The standard InChI is InChI=1S/C49H58N10O7Si/c1-29(23-50-27-60)45(64-2)48(62)59-16-7-8-41(59)47-55-40(26-58(47)28-66-18-19-67(4,5)6)32-11-12-34-37(20-32)51-24-39(52-34)31-10-13-35-38(21-31)54-46(53-35)33-22-42(61)43-36(56-49(63)65-3)14-9-30-15-17-57(25-33)44(30)43/h10-13,15,17,20-21,24,26,29,33,36,41,43,45H,7-9,14,16,18-19,22-23,25,28H2,1-6H3,(H,53,54)(H,56,63)/t29?,33-,36-,41-,43?,45-/m0/s1. The normalized spacial score (nSPS) is 20.3. The van der Waals surface area contributed by atoms with Gasteiger partial charge in [0.05, 0.1) is 65.3 Å². The van der Waals surface area contributed by atoms with E-state index in [2.05, 4.69) is 45.6 Å². The second-order valence-corrected chi connectivity index (χ2v) is 25.0. The van der Waals surface area contributed by atoms with Crippen molar-refractivity contribution in [1.29, 1.82) is 0 Å². The summed E-state index contributed by atoms with van der Waals surface area (Å²) in [6.45, 7) is 11.0. The van der Waals surface area contributed by atoms with Crippen LogP contribution in [0.15, 0.2) is 66.0 Å². The number of carbonyl (C=O) groups excluding carboxylic acids is 4. The van der Waals surface area contributed by atoms with Gasteiger partial charge in [-0.25, -0.2) is 29.5 Å². The van der Waals surface area contributed by atoms with Crippen LogP contribution in [0.5, 0.6) is 0 Å². The Labute approximate surface area is 389 Å². The van der Waals surface area contributed by atoms with Crippen LogP contribution in [0, 0.1) is 5.92 Å². The molecule has 3 aliphatic rings. The molecule has 1 aliphatic carbocycles. The van der Waals surface area contributed by atoms with Crippen molar-refractivity contribution in [2.75, 3.05) is 33.9 Å². The highest BCUT2D eigenvalue weighted by Crippen LogP contribution is 2.41. The molecule has 2 N–H and O–H groups in total. The number of fused-ring (bicyclic) bond motifs is 2. The summed E-state index contributed by atoms with van der Waals surface area (Å²) >= 11 is 0. The van der Waals surface area contributed by atoms with Crippen molar-refractivity contribution in [2.45, 2.75) is 108 Å². The van der Waals surface area contributed by atoms with Gasteiger partial charge in [-0.15, -0.1) is 0 Å². The number of hydrogen-bond acceptors (Lipinski definition) is 12. The largest absolute Gasteiger partial charge is 0.453 e. The predicted octanol–water partition coefficient (Wildman–Crippen LogP) is 7.31. The molecule has 0 radical (unpaired) electrons. The second kappa shape index (κ2) is 19.1. The number of aromatic nitrogens is 7. The predicted molar refractivity (Wildman–Crippen MR) is 254 cm³/mol. The summed E-state index contributed by atoms with van der Waals surface area (Å²) in [6.07, 6.45) is 9.37. The minimum Gasteiger partial charge on any atom is -0.453 e. The van der Waals surface area contributed by atoms with E-state index in [4.69, 9.17) is 34.1 Å². The number of aliphatic imine (C=N–C) groups is 1. The Morgan fingerprint density at radius 1 is 1.01 bits per heavy atom. The number of imidazole rings is 2. The number of aromatic amines is 1. The molecule has 17 nitrogen and oxygen atoms in total. The summed E-state index contributed by atoms with van der Waals surface area (Å²) in [5.41, 5.74) is 8.34. The van der Waals surface area contributed by atoms with E-state index in [9.17, 15) is 19.2 Å². The minimum atomic E-state index is -1.32. The number of isocyanates is 1. The maximum Gasteiger partial charge on any atom is 0.407 e. The average molecular weight is 927 g/mol. The molecule has 9 rings (SSSR count). The maximum atomic E-state index is 14.0. The Morgan fingerprint density at radius 3 is 2.60 bits per heavy atom. The van der Waals surface area contributed by atoms with Gasteiger partial charge in [-0.3, -0.25) is 14.6 Å². The molecule has 2 unspecified atom stereocenters. The smallest absolute Gasteiger partial charge is 0.407 e. The molecule has 2 aromatic carbocycles. The van der Waals surface area contributed by atoms with Gasteiger partial charge < -0.3 is 38.5 Å². The molecule has 67 heavy (non-hydrogen) atoms. The monoisotopic (exact) mass is 926 g/mol. The number of amides is 2. The van der Waals surface area contributed by atoms with Gasteiger partial charge in [0.2, 0.25) is 6.08 Å². The first-order valence-corrected chi connectivity index (χ1v) is 26.9. The number of Topliss-reactive ketones (excluding diaryl/α,β-unsaturated/α-hetero) is 1. The van der Waals surface area contributed by atoms with Crippen molar-refractivity contribution in [3.63, 3.8) is 0 Å². The Kier molecular flexibility index (Phi) is 13.1. The quantitative estimate of drug-likeness (QED) is 0.0453. The zero-order valence-corrected chi connectivity index (χ0v) is 40.0. The van der Waals surface area contributed by atoms with Crippen molar-refractivity contribution in [1.82, 2.24) is 44.3 Å². The number of nitrogens with one attached hydrogen (secondary N) is 2. The molecule has 2 aliphatic heterocycles. The molecule has 6 heterocycles. The van der Waals surface area contributed by atoms with Gasteiger partial charge in [-0.2, -0.15) is 0 Å². The Hall–Kier alpha value is -6.33. The lowest BCUT2D eigenvalue weighted by Crippen LogP contribution is -2.44. The van der Waals surface area contributed by atoms with Crippen molar-refractivity contribution < 1.29 is 33.4 Å². The fourth-order valence-corrected chi connectivity index (χ4v) is 10.8. The molecule has 6 aromatic rings. The van der Waals surface area contributed by atoms with Gasteiger partial charge in [0.15, 0.2) is 0 Å². The third-order valence-electron chi connectivity index (χ3n) is 13.6. The first-order chi connectivity index (χ1) is 32.3. The molecule has 18 heteroatoms. The number of aryl methyl sites for hydroxylation is 1. The summed E-state index contributed by atoms with van der Waals surface area (Å²) in [7, 11) is 1.52. The number of methoxy groups -OCH3 is 2. The van der Waals surface area contributed by atoms with Gasteiger partial charge in [-0.1, -0.05) is 38.7 Å². The number of H-pyrrole nitrogens is 1. The molecule has 0 saturated carbocycles. The summed E-state index contributed by atoms with van der Waals surface area (Å²) in [5, 5.41) is 2.92. The highest BCUT2D eigenvalue weighted by atomic mass is 28.3. The minimum absolute atomic E-state index is 0.0782. The number of ketones is 1. The Balaban J connectivity index is 0.957. The van der Waals surface area contributed by atoms with Crippen LogP contribution in [0.2, 0.25) is 25.7 Å². The zero-order valence-electron chi connectivity index (χ0n) is 39.0. The number of benzene rings is 2. The van der Waals surface area contributed by atoms with Gasteiger partial charge in [0, 0.05) is 88.4 Å². The van der Waals surface area contributed by atoms with E-state index < -0.39 is 26.2 Å². The molecule has 0 spiro atoms. The van der Waals surface area contributed by atoms with E-state index in [1.165, 1.54) is 14.2 Å². The summed E-state index contributed by atoms with van der Waals surface area (Å²) in [5.74, 6) is 0.466. The van der Waals surface area contributed by atoms with Gasteiger partial charge >= 0.3 is 6.09 Å². The number of nitrogens with zero attached hydrogens (tertiary/aromatic N) is 8. The number of ether oxygens (including phenoxy) is 3. The molecular formula is C49H58N10O7Si. The van der Waals surface area contributed by atoms with Crippen LogP contribution in [-0.4, -0.2) is 117 Å². The van der Waals surface area contributed by atoms with Crippen LogP contribution >= 0.6 is 0 Å².